The van der Waals surface area contributed by atoms with Crippen LogP contribution in [0.5, 0.6) is 0 Å². The van der Waals surface area contributed by atoms with Crippen LogP contribution in [0.4, 0.5) is 0 Å². The lowest BCUT2D eigenvalue weighted by atomic mass is 10.2. The maximum Gasteiger partial charge on any atom is 0.251 e. The molecule has 1 amide bonds. The van der Waals surface area contributed by atoms with Crippen LogP contribution in [0.1, 0.15) is 17.3 Å². The van der Waals surface area contributed by atoms with Gasteiger partial charge >= 0.3 is 0 Å². The van der Waals surface area contributed by atoms with Gasteiger partial charge in [-0.15, -0.1) is 6.58 Å². The predicted octanol–water partition coefficient (Wildman–Crippen LogP) is 0.638. The van der Waals surface area contributed by atoms with E-state index in [4.69, 9.17) is 5.14 Å². The molecule has 1 aromatic carbocycles. The normalized spacial score (nSPS) is 12.8. The first-order valence-corrected chi connectivity index (χ1v) is 6.45. The van der Waals surface area contributed by atoms with Crippen molar-refractivity contribution >= 4 is 15.9 Å². The topological polar surface area (TPSA) is 89.3 Å². The van der Waals surface area contributed by atoms with E-state index in [0.29, 0.717) is 0 Å². The van der Waals surface area contributed by atoms with Gasteiger partial charge in [0.1, 0.15) is 0 Å². The summed E-state index contributed by atoms with van der Waals surface area (Å²) >= 11 is 0. The first-order valence-electron chi connectivity index (χ1n) is 4.91. The first kappa shape index (κ1) is 13.4. The average molecular weight is 254 g/mol. The summed E-state index contributed by atoms with van der Waals surface area (Å²) in [6.07, 6.45) is 1.57. The van der Waals surface area contributed by atoms with Crippen molar-refractivity contribution in [2.75, 3.05) is 0 Å². The Morgan fingerprint density at radius 2 is 2.18 bits per heavy atom. The Bertz CT molecular complexity index is 537. The van der Waals surface area contributed by atoms with E-state index in [1.807, 2.05) is 0 Å². The zero-order chi connectivity index (χ0) is 13.1. The summed E-state index contributed by atoms with van der Waals surface area (Å²) in [6, 6.07) is 5.36. The molecule has 0 spiro atoms. The highest BCUT2D eigenvalue weighted by Gasteiger charge is 2.12. The zero-order valence-electron chi connectivity index (χ0n) is 9.38. The molecule has 3 N–H and O–H groups in total. The Morgan fingerprint density at radius 1 is 1.53 bits per heavy atom. The van der Waals surface area contributed by atoms with Crippen LogP contribution in [0.25, 0.3) is 0 Å². The molecule has 1 rings (SSSR count). The molecule has 0 aliphatic rings. The van der Waals surface area contributed by atoms with E-state index in [1.54, 1.807) is 13.0 Å². The van der Waals surface area contributed by atoms with E-state index in [9.17, 15) is 13.2 Å². The van der Waals surface area contributed by atoms with E-state index < -0.39 is 10.0 Å². The monoisotopic (exact) mass is 254 g/mol. The predicted molar refractivity (Wildman–Crippen MR) is 64.9 cm³/mol. The SMILES string of the molecule is C=CC(C)NC(=O)c1cccc(S(N)(=O)=O)c1. The zero-order valence-corrected chi connectivity index (χ0v) is 10.2. The molecule has 1 unspecified atom stereocenters. The van der Waals surface area contributed by atoms with Crippen molar-refractivity contribution in [3.63, 3.8) is 0 Å². The number of hydrogen-bond acceptors (Lipinski definition) is 3. The highest BCUT2D eigenvalue weighted by Crippen LogP contribution is 2.09. The summed E-state index contributed by atoms with van der Waals surface area (Å²) in [5, 5.41) is 7.61. The van der Waals surface area contributed by atoms with Gasteiger partial charge in [0.25, 0.3) is 5.91 Å². The van der Waals surface area contributed by atoms with Crippen LogP contribution >= 0.6 is 0 Å². The van der Waals surface area contributed by atoms with Gasteiger partial charge in [0.05, 0.1) is 4.90 Å². The molecule has 0 saturated carbocycles. The molecule has 0 aliphatic carbocycles. The second kappa shape index (κ2) is 5.11. The number of carbonyl (C=O) groups is 1. The molecule has 92 valence electrons. The standard InChI is InChI=1S/C11H14N2O3S/c1-3-8(2)13-11(14)9-5-4-6-10(7-9)17(12,15)16/h3-8H,1H2,2H3,(H,13,14)(H2,12,15,16). The van der Waals surface area contributed by atoms with Gasteiger partial charge in [-0.05, 0) is 25.1 Å². The number of primary sulfonamides is 1. The lowest BCUT2D eigenvalue weighted by molar-refractivity contribution is 0.0947. The van der Waals surface area contributed by atoms with Crippen molar-refractivity contribution in [2.45, 2.75) is 17.9 Å². The van der Waals surface area contributed by atoms with Crippen LogP contribution in [0.2, 0.25) is 0 Å². The Balaban J connectivity index is 3.00. The fourth-order valence-electron chi connectivity index (χ4n) is 1.16. The summed E-state index contributed by atoms with van der Waals surface area (Å²) in [7, 11) is -3.79. The summed E-state index contributed by atoms with van der Waals surface area (Å²) in [5.41, 5.74) is 0.241. The van der Waals surface area contributed by atoms with Crippen LogP contribution in [0, 0.1) is 0 Å². The van der Waals surface area contributed by atoms with Crippen LogP contribution in [0.15, 0.2) is 41.8 Å². The number of nitrogens with one attached hydrogen (secondary N) is 1. The molecule has 0 bridgehead atoms. The molecule has 17 heavy (non-hydrogen) atoms. The molecule has 6 heteroatoms. The van der Waals surface area contributed by atoms with Crippen molar-refractivity contribution < 1.29 is 13.2 Å². The van der Waals surface area contributed by atoms with Crippen molar-refractivity contribution in [1.29, 1.82) is 0 Å². The quantitative estimate of drug-likeness (QED) is 0.773. The molecule has 1 aromatic rings. The minimum atomic E-state index is -3.79. The molecule has 0 aromatic heterocycles. The Hall–Kier alpha value is -1.66. The number of nitrogens with two attached hydrogens (primary N) is 1. The van der Waals surface area contributed by atoms with Crippen molar-refractivity contribution in [2.24, 2.45) is 5.14 Å². The number of hydrogen-bond donors (Lipinski definition) is 2. The maximum atomic E-state index is 11.7. The van der Waals surface area contributed by atoms with E-state index in [-0.39, 0.29) is 22.4 Å². The fraction of sp³-hybridized carbons (Fsp3) is 0.182. The number of rotatable bonds is 4. The van der Waals surface area contributed by atoms with Gasteiger partial charge in [-0.2, -0.15) is 0 Å². The fourth-order valence-corrected chi connectivity index (χ4v) is 1.72. The van der Waals surface area contributed by atoms with Crippen molar-refractivity contribution in [3.8, 4) is 0 Å². The summed E-state index contributed by atoms with van der Waals surface area (Å²) in [5.74, 6) is -0.372. The summed E-state index contributed by atoms with van der Waals surface area (Å²) in [6.45, 7) is 5.29. The summed E-state index contributed by atoms with van der Waals surface area (Å²) in [4.78, 5) is 11.6. The third-order valence-electron chi connectivity index (χ3n) is 2.14. The van der Waals surface area contributed by atoms with Gasteiger partial charge in [0.15, 0.2) is 0 Å². The molecule has 0 radical (unpaired) electrons. The molecule has 0 fully saturated rings. The maximum absolute atomic E-state index is 11.7. The number of carbonyl (C=O) groups excluding carboxylic acids is 1. The van der Waals surface area contributed by atoms with Gasteiger partial charge in [0.2, 0.25) is 10.0 Å². The summed E-state index contributed by atoms with van der Waals surface area (Å²) < 4.78 is 22.2. The molecular formula is C11H14N2O3S. The molecule has 0 heterocycles. The van der Waals surface area contributed by atoms with Crippen LogP contribution in [0.3, 0.4) is 0 Å². The van der Waals surface area contributed by atoms with E-state index in [1.165, 1.54) is 24.3 Å². The second-order valence-electron chi connectivity index (χ2n) is 3.57. The molecule has 5 nitrogen and oxygen atoms in total. The number of sulfonamides is 1. The van der Waals surface area contributed by atoms with E-state index >= 15 is 0 Å². The van der Waals surface area contributed by atoms with Crippen LogP contribution in [-0.2, 0) is 10.0 Å². The van der Waals surface area contributed by atoms with Gasteiger partial charge in [-0.3, -0.25) is 4.79 Å². The molecular weight excluding hydrogens is 240 g/mol. The second-order valence-corrected chi connectivity index (χ2v) is 5.13. The Morgan fingerprint density at radius 3 is 2.71 bits per heavy atom. The third-order valence-corrected chi connectivity index (χ3v) is 3.05. The van der Waals surface area contributed by atoms with Crippen LogP contribution in [-0.4, -0.2) is 20.4 Å². The van der Waals surface area contributed by atoms with E-state index in [0.717, 1.165) is 0 Å². The van der Waals surface area contributed by atoms with Gasteiger partial charge in [-0.25, -0.2) is 13.6 Å². The smallest absolute Gasteiger partial charge is 0.251 e. The number of benzene rings is 1. The lowest BCUT2D eigenvalue weighted by Gasteiger charge is -2.09. The van der Waals surface area contributed by atoms with Crippen LogP contribution < -0.4 is 10.5 Å². The van der Waals surface area contributed by atoms with Crippen molar-refractivity contribution in [1.82, 2.24) is 5.32 Å². The molecule has 0 aliphatic heterocycles. The van der Waals surface area contributed by atoms with Gasteiger partial charge in [-0.1, -0.05) is 12.1 Å². The number of amides is 1. The van der Waals surface area contributed by atoms with Gasteiger partial charge in [0, 0.05) is 11.6 Å². The third kappa shape index (κ3) is 3.69. The van der Waals surface area contributed by atoms with Crippen molar-refractivity contribution in [3.05, 3.63) is 42.5 Å². The Kier molecular flexibility index (Phi) is 4.03. The highest BCUT2D eigenvalue weighted by atomic mass is 32.2. The highest BCUT2D eigenvalue weighted by molar-refractivity contribution is 7.89. The minimum Gasteiger partial charge on any atom is -0.346 e. The minimum absolute atomic E-state index is 0.0867. The largest absolute Gasteiger partial charge is 0.346 e. The lowest BCUT2D eigenvalue weighted by Crippen LogP contribution is -2.31. The van der Waals surface area contributed by atoms with Gasteiger partial charge < -0.3 is 5.32 Å². The Labute approximate surface area is 100 Å². The van der Waals surface area contributed by atoms with E-state index in [2.05, 4.69) is 11.9 Å². The average Bonchev–Trinajstić information content (AvgIpc) is 2.28. The molecule has 0 saturated heterocycles. The first-order chi connectivity index (χ1) is 7.84. The molecule has 1 atom stereocenters.